The number of aromatic nitrogens is 1. The molecule has 1 aromatic rings. The minimum atomic E-state index is 0.765. The molecular formula is C13H20BrN3. The molecule has 2 rings (SSSR count). The average Bonchev–Trinajstić information content (AvgIpc) is 2.79. The Morgan fingerprint density at radius 2 is 2.41 bits per heavy atom. The van der Waals surface area contributed by atoms with Crippen LogP contribution >= 0.6 is 15.9 Å². The summed E-state index contributed by atoms with van der Waals surface area (Å²) in [5.74, 6) is 1.75. The van der Waals surface area contributed by atoms with E-state index in [0.29, 0.717) is 0 Å². The van der Waals surface area contributed by atoms with Gasteiger partial charge in [-0.25, -0.2) is 4.98 Å². The van der Waals surface area contributed by atoms with Gasteiger partial charge in [-0.05, 0) is 59.9 Å². The maximum Gasteiger partial charge on any atom is 0.126 e. The maximum atomic E-state index is 4.37. The van der Waals surface area contributed by atoms with Crippen molar-refractivity contribution in [3.05, 3.63) is 22.3 Å². The summed E-state index contributed by atoms with van der Waals surface area (Å²) in [6.45, 7) is 8.99. The van der Waals surface area contributed by atoms with E-state index in [1.165, 1.54) is 31.6 Å². The first-order valence-electron chi connectivity index (χ1n) is 6.27. The normalized spacial score (nSPS) is 20.8. The number of rotatable bonds is 4. The highest BCUT2D eigenvalue weighted by molar-refractivity contribution is 9.10. The molecule has 1 aromatic heterocycles. The highest BCUT2D eigenvalue weighted by Crippen LogP contribution is 2.19. The van der Waals surface area contributed by atoms with Gasteiger partial charge in [0.15, 0.2) is 0 Å². The molecule has 1 saturated heterocycles. The number of anilines is 1. The molecule has 4 heteroatoms. The van der Waals surface area contributed by atoms with Gasteiger partial charge in [-0.1, -0.05) is 6.92 Å². The molecule has 0 aromatic carbocycles. The van der Waals surface area contributed by atoms with Crippen molar-refractivity contribution in [2.45, 2.75) is 20.3 Å². The SMILES string of the molecule is CCN1CCC(CNc2cc(C)c(Br)cn2)C1. The second kappa shape index (κ2) is 5.83. The number of aryl methyl sites for hydroxylation is 1. The van der Waals surface area contributed by atoms with Crippen molar-refractivity contribution in [1.29, 1.82) is 0 Å². The molecule has 1 aliphatic rings. The lowest BCUT2D eigenvalue weighted by atomic mass is 10.1. The smallest absolute Gasteiger partial charge is 0.126 e. The van der Waals surface area contributed by atoms with Crippen LogP contribution in [0.2, 0.25) is 0 Å². The van der Waals surface area contributed by atoms with E-state index in [4.69, 9.17) is 0 Å². The fourth-order valence-corrected chi connectivity index (χ4v) is 2.47. The fourth-order valence-electron chi connectivity index (χ4n) is 2.25. The van der Waals surface area contributed by atoms with Gasteiger partial charge in [-0.15, -0.1) is 0 Å². The van der Waals surface area contributed by atoms with E-state index in [1.807, 2.05) is 6.20 Å². The summed E-state index contributed by atoms with van der Waals surface area (Å²) in [6, 6.07) is 2.09. The number of hydrogen-bond acceptors (Lipinski definition) is 3. The molecule has 1 atom stereocenters. The predicted molar refractivity (Wildman–Crippen MR) is 75.4 cm³/mol. The van der Waals surface area contributed by atoms with E-state index < -0.39 is 0 Å². The van der Waals surface area contributed by atoms with E-state index in [2.05, 4.69) is 51.0 Å². The van der Waals surface area contributed by atoms with Crippen molar-refractivity contribution in [1.82, 2.24) is 9.88 Å². The molecule has 0 bridgehead atoms. The van der Waals surface area contributed by atoms with Gasteiger partial charge in [0.2, 0.25) is 0 Å². The van der Waals surface area contributed by atoms with Crippen LogP contribution < -0.4 is 5.32 Å². The lowest BCUT2D eigenvalue weighted by molar-refractivity contribution is 0.345. The Balaban J connectivity index is 1.84. The van der Waals surface area contributed by atoms with Crippen LogP contribution in [0.4, 0.5) is 5.82 Å². The number of nitrogens with zero attached hydrogens (tertiary/aromatic N) is 2. The van der Waals surface area contributed by atoms with Crippen LogP contribution in [0, 0.1) is 12.8 Å². The van der Waals surface area contributed by atoms with E-state index in [0.717, 1.165) is 22.8 Å². The molecule has 0 aliphatic carbocycles. The Labute approximate surface area is 112 Å². The van der Waals surface area contributed by atoms with Crippen LogP contribution in [-0.4, -0.2) is 36.1 Å². The molecule has 0 radical (unpaired) electrons. The second-order valence-corrected chi connectivity index (χ2v) is 5.60. The molecule has 1 unspecified atom stereocenters. The highest BCUT2D eigenvalue weighted by Gasteiger charge is 2.20. The quantitative estimate of drug-likeness (QED) is 0.926. The first kappa shape index (κ1) is 12.8. The minimum Gasteiger partial charge on any atom is -0.370 e. The summed E-state index contributed by atoms with van der Waals surface area (Å²) in [6.07, 6.45) is 3.17. The molecule has 2 heterocycles. The van der Waals surface area contributed by atoms with Crippen LogP contribution in [0.25, 0.3) is 0 Å². The summed E-state index contributed by atoms with van der Waals surface area (Å²) < 4.78 is 1.07. The number of likely N-dealkylation sites (tertiary alicyclic amines) is 1. The van der Waals surface area contributed by atoms with Crippen molar-refractivity contribution in [3.63, 3.8) is 0 Å². The Kier molecular flexibility index (Phi) is 4.40. The summed E-state index contributed by atoms with van der Waals surface area (Å²) >= 11 is 3.47. The monoisotopic (exact) mass is 297 g/mol. The predicted octanol–water partition coefficient (Wildman–Crippen LogP) is 2.91. The van der Waals surface area contributed by atoms with E-state index in [9.17, 15) is 0 Å². The summed E-state index contributed by atoms with van der Waals surface area (Å²) in [5.41, 5.74) is 1.23. The van der Waals surface area contributed by atoms with Crippen molar-refractivity contribution in [2.24, 2.45) is 5.92 Å². The maximum absolute atomic E-state index is 4.37. The number of halogens is 1. The van der Waals surface area contributed by atoms with Gasteiger partial charge in [-0.2, -0.15) is 0 Å². The van der Waals surface area contributed by atoms with Gasteiger partial charge in [0.05, 0.1) is 0 Å². The van der Waals surface area contributed by atoms with Crippen molar-refractivity contribution in [3.8, 4) is 0 Å². The number of nitrogens with one attached hydrogen (secondary N) is 1. The minimum absolute atomic E-state index is 0.765. The highest BCUT2D eigenvalue weighted by atomic mass is 79.9. The third kappa shape index (κ3) is 3.42. The second-order valence-electron chi connectivity index (χ2n) is 4.75. The Bertz CT molecular complexity index is 381. The Hall–Kier alpha value is -0.610. The lowest BCUT2D eigenvalue weighted by Crippen LogP contribution is -2.22. The van der Waals surface area contributed by atoms with Crippen LogP contribution in [0.3, 0.4) is 0 Å². The molecule has 1 fully saturated rings. The summed E-state index contributed by atoms with van der Waals surface area (Å²) in [5, 5.41) is 3.44. The van der Waals surface area contributed by atoms with Crippen LogP contribution in [0.5, 0.6) is 0 Å². The molecule has 17 heavy (non-hydrogen) atoms. The van der Waals surface area contributed by atoms with Crippen LogP contribution in [-0.2, 0) is 0 Å². The number of hydrogen-bond donors (Lipinski definition) is 1. The summed E-state index contributed by atoms with van der Waals surface area (Å²) in [4.78, 5) is 6.87. The van der Waals surface area contributed by atoms with E-state index in [-0.39, 0.29) is 0 Å². The first-order valence-corrected chi connectivity index (χ1v) is 7.06. The van der Waals surface area contributed by atoms with Gasteiger partial charge in [0.1, 0.15) is 5.82 Å². The lowest BCUT2D eigenvalue weighted by Gasteiger charge is -2.14. The van der Waals surface area contributed by atoms with E-state index >= 15 is 0 Å². The summed E-state index contributed by atoms with van der Waals surface area (Å²) in [7, 11) is 0. The molecule has 0 amide bonds. The molecule has 0 saturated carbocycles. The average molecular weight is 298 g/mol. The van der Waals surface area contributed by atoms with Gasteiger partial charge in [0, 0.05) is 23.8 Å². The van der Waals surface area contributed by atoms with E-state index in [1.54, 1.807) is 0 Å². The standard InChI is InChI=1S/C13H20BrN3/c1-3-17-5-4-11(9-17)7-15-13-6-10(2)12(14)8-16-13/h6,8,11H,3-5,7,9H2,1-2H3,(H,15,16). The molecule has 0 spiro atoms. The van der Waals surface area contributed by atoms with Crippen LogP contribution in [0.15, 0.2) is 16.7 Å². The van der Waals surface area contributed by atoms with Gasteiger partial charge in [-0.3, -0.25) is 0 Å². The molecular weight excluding hydrogens is 278 g/mol. The fraction of sp³-hybridized carbons (Fsp3) is 0.615. The zero-order valence-electron chi connectivity index (χ0n) is 10.5. The molecule has 3 nitrogen and oxygen atoms in total. The molecule has 1 aliphatic heterocycles. The van der Waals surface area contributed by atoms with Crippen molar-refractivity contribution in [2.75, 3.05) is 31.5 Å². The zero-order chi connectivity index (χ0) is 12.3. The Morgan fingerprint density at radius 1 is 1.59 bits per heavy atom. The third-order valence-electron chi connectivity index (χ3n) is 3.44. The molecule has 94 valence electrons. The van der Waals surface area contributed by atoms with Crippen molar-refractivity contribution >= 4 is 21.7 Å². The topological polar surface area (TPSA) is 28.2 Å². The first-order chi connectivity index (χ1) is 8.19. The van der Waals surface area contributed by atoms with Gasteiger partial charge in [0.25, 0.3) is 0 Å². The van der Waals surface area contributed by atoms with Crippen molar-refractivity contribution < 1.29 is 0 Å². The largest absolute Gasteiger partial charge is 0.370 e. The molecule has 1 N–H and O–H groups in total. The zero-order valence-corrected chi connectivity index (χ0v) is 12.1. The van der Waals surface area contributed by atoms with Gasteiger partial charge < -0.3 is 10.2 Å². The van der Waals surface area contributed by atoms with Crippen LogP contribution in [0.1, 0.15) is 18.9 Å². The Morgan fingerprint density at radius 3 is 3.06 bits per heavy atom. The third-order valence-corrected chi connectivity index (χ3v) is 4.27. The number of pyridine rings is 1. The van der Waals surface area contributed by atoms with Gasteiger partial charge >= 0.3 is 0 Å².